The van der Waals surface area contributed by atoms with Crippen LogP contribution in [0.5, 0.6) is 0 Å². The molecule has 0 spiro atoms. The average Bonchev–Trinajstić information content (AvgIpc) is 3.41. The van der Waals surface area contributed by atoms with E-state index in [1.54, 1.807) is 31.8 Å². The number of thiazole rings is 1. The smallest absolute Gasteiger partial charge is 0.213 e. The first-order chi connectivity index (χ1) is 13.8. The quantitative estimate of drug-likeness (QED) is 0.593. The number of aryl methyl sites for hydroxylation is 2. The highest BCUT2D eigenvalue weighted by atomic mass is 32.2. The number of hydrogen-bond acceptors (Lipinski definition) is 6. The van der Waals surface area contributed by atoms with Gasteiger partial charge in [-0.25, -0.2) is 17.7 Å². The molecule has 3 N–H and O–H groups in total. The van der Waals surface area contributed by atoms with Crippen LogP contribution in [0.25, 0.3) is 0 Å². The lowest BCUT2D eigenvalue weighted by atomic mass is 10.3. The fourth-order valence-corrected chi connectivity index (χ4v) is 3.16. The zero-order chi connectivity index (χ0) is 22.5. The van der Waals surface area contributed by atoms with Crippen LogP contribution in [0.2, 0.25) is 0 Å². The number of rotatable bonds is 8. The minimum atomic E-state index is -2.91. The molecule has 2 aromatic rings. The summed E-state index contributed by atoms with van der Waals surface area (Å²) in [5, 5.41) is 0. The Morgan fingerprint density at radius 1 is 1.03 bits per heavy atom. The van der Waals surface area contributed by atoms with Gasteiger partial charge in [0.1, 0.15) is 0 Å². The fourth-order valence-electron chi connectivity index (χ4n) is 1.73. The van der Waals surface area contributed by atoms with Crippen molar-refractivity contribution in [2.24, 2.45) is 5.73 Å². The van der Waals surface area contributed by atoms with E-state index in [9.17, 15) is 8.42 Å². The summed E-state index contributed by atoms with van der Waals surface area (Å²) in [5.41, 5.74) is 8.27. The standard InChI is InChI=1S/C5H8N2.C5H13NO2S.C5H7NS.C5H13N/c1-2-5-3-6-4-7-5;1-4-5-9(7,8)6(2)3;1-2-5-3-6-4-7-5;1-2-3-4-5-6/h3-4H,2H2,1H3,(H,6,7);4-5H2,1-3H3;3-4H,2H2,1H3;2-6H2,1H3. The highest BCUT2D eigenvalue weighted by Gasteiger charge is 2.10. The zero-order valence-corrected chi connectivity index (χ0v) is 20.7. The molecule has 2 rings (SSSR count). The van der Waals surface area contributed by atoms with Gasteiger partial charge in [0.05, 0.1) is 17.6 Å². The van der Waals surface area contributed by atoms with Crippen LogP contribution >= 0.6 is 11.3 Å². The van der Waals surface area contributed by atoms with Crippen LogP contribution in [0.4, 0.5) is 0 Å². The lowest BCUT2D eigenvalue weighted by molar-refractivity contribution is 0.519. The van der Waals surface area contributed by atoms with E-state index < -0.39 is 10.0 Å². The molecule has 0 aromatic carbocycles. The molecule has 9 heteroatoms. The monoisotopic (exact) mass is 447 g/mol. The molecule has 2 aromatic heterocycles. The number of aromatic nitrogens is 3. The van der Waals surface area contributed by atoms with Gasteiger partial charge < -0.3 is 10.7 Å². The van der Waals surface area contributed by atoms with Gasteiger partial charge >= 0.3 is 0 Å². The van der Waals surface area contributed by atoms with Crippen LogP contribution in [-0.2, 0) is 22.9 Å². The van der Waals surface area contributed by atoms with E-state index in [-0.39, 0.29) is 5.75 Å². The van der Waals surface area contributed by atoms with Crippen molar-refractivity contribution in [3.8, 4) is 0 Å². The Hall–Kier alpha value is -1.29. The van der Waals surface area contributed by atoms with Gasteiger partial charge in [-0.2, -0.15) is 0 Å². The van der Waals surface area contributed by atoms with Gasteiger partial charge in [-0.05, 0) is 32.2 Å². The highest BCUT2D eigenvalue weighted by molar-refractivity contribution is 7.89. The SMILES string of the molecule is CCCCCN.CCCS(=O)(=O)N(C)C.CCc1cnc[nH]1.CCc1cncs1. The third-order valence-electron chi connectivity index (χ3n) is 3.59. The van der Waals surface area contributed by atoms with E-state index in [1.807, 2.05) is 24.8 Å². The number of nitrogens with zero attached hydrogens (tertiary/aromatic N) is 3. The third kappa shape index (κ3) is 18.5. The summed E-state index contributed by atoms with van der Waals surface area (Å²) in [6, 6.07) is 0. The molecule has 0 atom stereocenters. The van der Waals surface area contributed by atoms with Gasteiger partial charge in [-0.1, -0.05) is 40.5 Å². The molecule has 0 aliphatic rings. The van der Waals surface area contributed by atoms with Crippen LogP contribution in [0, 0.1) is 0 Å². The average molecular weight is 448 g/mol. The molecule has 0 amide bonds. The Labute approximate surface area is 182 Å². The molecule has 0 radical (unpaired) electrons. The van der Waals surface area contributed by atoms with Crippen LogP contribution in [0.1, 0.15) is 63.9 Å². The second-order valence-electron chi connectivity index (χ2n) is 6.35. The number of H-pyrrole nitrogens is 1. The fraction of sp³-hybridized carbons (Fsp3) is 0.700. The van der Waals surface area contributed by atoms with Crippen LogP contribution < -0.4 is 5.73 Å². The van der Waals surface area contributed by atoms with Gasteiger partial charge in [0.2, 0.25) is 10.0 Å². The van der Waals surface area contributed by atoms with Crippen molar-refractivity contribution in [2.75, 3.05) is 26.4 Å². The molecular weight excluding hydrogens is 406 g/mol. The van der Waals surface area contributed by atoms with Crippen LogP contribution in [0.15, 0.2) is 24.2 Å². The minimum absolute atomic E-state index is 0.250. The van der Waals surface area contributed by atoms with Crippen molar-refractivity contribution in [1.29, 1.82) is 0 Å². The van der Waals surface area contributed by atoms with Crippen LogP contribution in [-0.4, -0.2) is 54.1 Å². The summed E-state index contributed by atoms with van der Waals surface area (Å²) in [4.78, 5) is 12.1. The van der Waals surface area contributed by atoms with Gasteiger partial charge in [0.25, 0.3) is 0 Å². The molecule has 0 saturated heterocycles. The normalized spacial score (nSPS) is 10.2. The van der Waals surface area contributed by atoms with E-state index in [4.69, 9.17) is 5.73 Å². The molecule has 170 valence electrons. The molecule has 2 heterocycles. The largest absolute Gasteiger partial charge is 0.349 e. The summed E-state index contributed by atoms with van der Waals surface area (Å²) < 4.78 is 23.0. The summed E-state index contributed by atoms with van der Waals surface area (Å²) in [6.07, 6.45) is 12.0. The maximum atomic E-state index is 10.9. The van der Waals surface area contributed by atoms with Crippen molar-refractivity contribution in [3.63, 3.8) is 0 Å². The Morgan fingerprint density at radius 2 is 1.72 bits per heavy atom. The first-order valence-electron chi connectivity index (χ1n) is 10.2. The molecule has 0 saturated carbocycles. The number of nitrogens with one attached hydrogen (secondary N) is 1. The summed E-state index contributed by atoms with van der Waals surface area (Å²) in [6.45, 7) is 9.10. The first kappa shape index (κ1) is 29.9. The molecular formula is C20H41N5O2S2. The van der Waals surface area contributed by atoms with E-state index in [2.05, 4.69) is 35.7 Å². The van der Waals surface area contributed by atoms with E-state index in [0.29, 0.717) is 6.42 Å². The molecule has 7 nitrogen and oxygen atoms in total. The second-order valence-corrected chi connectivity index (χ2v) is 9.62. The number of aromatic amines is 1. The zero-order valence-electron chi connectivity index (χ0n) is 19.0. The Bertz CT molecular complexity index is 604. The van der Waals surface area contributed by atoms with Crippen molar-refractivity contribution >= 4 is 21.4 Å². The molecule has 0 aliphatic carbocycles. The lowest BCUT2D eigenvalue weighted by Gasteiger charge is -2.08. The summed E-state index contributed by atoms with van der Waals surface area (Å²) >= 11 is 1.71. The highest BCUT2D eigenvalue weighted by Crippen LogP contribution is 2.04. The van der Waals surface area contributed by atoms with Crippen molar-refractivity contribution in [1.82, 2.24) is 19.3 Å². The summed E-state index contributed by atoms with van der Waals surface area (Å²) in [5.74, 6) is 0.250. The number of hydrogen-bond donors (Lipinski definition) is 2. The number of imidazole rings is 1. The lowest BCUT2D eigenvalue weighted by Crippen LogP contribution is -2.24. The van der Waals surface area contributed by atoms with Gasteiger partial charge in [-0.3, -0.25) is 4.98 Å². The molecule has 0 aliphatic heterocycles. The maximum absolute atomic E-state index is 10.9. The van der Waals surface area contributed by atoms with Crippen molar-refractivity contribution in [3.05, 3.63) is 34.8 Å². The predicted octanol–water partition coefficient (Wildman–Crippen LogP) is 4.10. The second kappa shape index (κ2) is 20.0. The first-order valence-corrected chi connectivity index (χ1v) is 12.7. The molecule has 29 heavy (non-hydrogen) atoms. The van der Waals surface area contributed by atoms with E-state index in [1.165, 1.54) is 34.1 Å². The molecule has 0 fully saturated rings. The van der Waals surface area contributed by atoms with Gasteiger partial charge in [-0.15, -0.1) is 11.3 Å². The maximum Gasteiger partial charge on any atom is 0.213 e. The number of unbranched alkanes of at least 4 members (excludes halogenated alkanes) is 2. The minimum Gasteiger partial charge on any atom is -0.349 e. The molecule has 0 unspecified atom stereocenters. The van der Waals surface area contributed by atoms with Gasteiger partial charge in [0, 0.05) is 37.1 Å². The predicted molar refractivity (Wildman–Crippen MR) is 126 cm³/mol. The Kier molecular flexibility index (Phi) is 20.6. The van der Waals surface area contributed by atoms with E-state index >= 15 is 0 Å². The van der Waals surface area contributed by atoms with Gasteiger partial charge in [0.15, 0.2) is 0 Å². The van der Waals surface area contributed by atoms with Crippen molar-refractivity contribution in [2.45, 2.75) is 66.2 Å². The topological polar surface area (TPSA) is 105 Å². The molecule has 0 bridgehead atoms. The third-order valence-corrected chi connectivity index (χ3v) is 6.55. The van der Waals surface area contributed by atoms with Crippen LogP contribution in [0.3, 0.4) is 0 Å². The van der Waals surface area contributed by atoms with E-state index in [0.717, 1.165) is 19.4 Å². The number of nitrogens with two attached hydrogens (primary N) is 1. The Balaban J connectivity index is 0. The van der Waals surface area contributed by atoms with Crippen molar-refractivity contribution < 1.29 is 8.42 Å². The summed E-state index contributed by atoms with van der Waals surface area (Å²) in [7, 11) is 0.178. The Morgan fingerprint density at radius 3 is 1.93 bits per heavy atom. The number of sulfonamides is 1.